The summed E-state index contributed by atoms with van der Waals surface area (Å²) in [6.07, 6.45) is 2.25. The minimum atomic E-state index is -2.53. The van der Waals surface area contributed by atoms with Gasteiger partial charge in [0, 0.05) is 6.42 Å². The van der Waals surface area contributed by atoms with Crippen molar-refractivity contribution in [2.24, 2.45) is 0 Å². The number of halogens is 2. The van der Waals surface area contributed by atoms with Crippen molar-refractivity contribution in [1.29, 1.82) is 0 Å². The second-order valence-corrected chi connectivity index (χ2v) is 4.92. The van der Waals surface area contributed by atoms with Crippen LogP contribution >= 0.6 is 0 Å². The van der Waals surface area contributed by atoms with Crippen molar-refractivity contribution in [3.63, 3.8) is 0 Å². The first kappa shape index (κ1) is 13.0. The molecule has 0 aromatic heterocycles. The molecule has 96 valence electrons. The molecule has 18 heavy (non-hydrogen) atoms. The maximum atomic E-state index is 12.7. The van der Waals surface area contributed by atoms with Gasteiger partial charge in [0.1, 0.15) is 0 Å². The zero-order valence-corrected chi connectivity index (χ0v) is 10.6. The minimum Gasteiger partial charge on any atom is -0.207 e. The van der Waals surface area contributed by atoms with Crippen LogP contribution in [0.15, 0.2) is 42.5 Å². The lowest BCUT2D eigenvalue weighted by atomic mass is 9.99. The van der Waals surface area contributed by atoms with Crippen LogP contribution in [0.2, 0.25) is 0 Å². The van der Waals surface area contributed by atoms with Crippen LogP contribution in [0.3, 0.4) is 0 Å². The van der Waals surface area contributed by atoms with Crippen molar-refractivity contribution in [3.05, 3.63) is 48.0 Å². The second-order valence-electron chi connectivity index (χ2n) is 4.92. The predicted octanol–water partition coefficient (Wildman–Crippen LogP) is 5.21. The fraction of sp³-hybridized carbons (Fsp3) is 0.375. The molecule has 0 aliphatic heterocycles. The molecule has 0 atom stereocenters. The molecule has 0 radical (unpaired) electrons. The number of rotatable bonds is 5. The SMILES string of the molecule is CC(F)(F)CCCCc1cccc2ccccc12. The Morgan fingerprint density at radius 2 is 1.67 bits per heavy atom. The Balaban J connectivity index is 2.00. The van der Waals surface area contributed by atoms with Crippen LogP contribution in [0.4, 0.5) is 8.78 Å². The Bertz CT molecular complexity index is 506. The smallest absolute Gasteiger partial charge is 0.207 e. The van der Waals surface area contributed by atoms with Gasteiger partial charge in [-0.3, -0.25) is 0 Å². The van der Waals surface area contributed by atoms with Crippen LogP contribution in [-0.4, -0.2) is 5.92 Å². The Labute approximate surface area is 107 Å². The Morgan fingerprint density at radius 3 is 2.44 bits per heavy atom. The lowest BCUT2D eigenvalue weighted by Gasteiger charge is -2.10. The molecule has 0 saturated heterocycles. The van der Waals surface area contributed by atoms with E-state index in [4.69, 9.17) is 0 Å². The highest BCUT2D eigenvalue weighted by Crippen LogP contribution is 2.23. The summed E-state index contributed by atoms with van der Waals surface area (Å²) in [5.74, 6) is -2.53. The first-order chi connectivity index (χ1) is 8.56. The molecular weight excluding hydrogens is 230 g/mol. The van der Waals surface area contributed by atoms with Gasteiger partial charge in [-0.25, -0.2) is 8.78 Å². The van der Waals surface area contributed by atoms with Gasteiger partial charge in [0.2, 0.25) is 5.92 Å². The molecule has 0 nitrogen and oxygen atoms in total. The van der Waals surface area contributed by atoms with Gasteiger partial charge >= 0.3 is 0 Å². The van der Waals surface area contributed by atoms with Crippen LogP contribution in [0.5, 0.6) is 0 Å². The van der Waals surface area contributed by atoms with Gasteiger partial charge in [-0.2, -0.15) is 0 Å². The van der Waals surface area contributed by atoms with Gasteiger partial charge in [0.25, 0.3) is 0 Å². The highest BCUT2D eigenvalue weighted by atomic mass is 19.3. The number of aryl methyl sites for hydroxylation is 1. The molecule has 2 aromatic rings. The van der Waals surface area contributed by atoms with Gasteiger partial charge in [0.15, 0.2) is 0 Å². The third-order valence-corrected chi connectivity index (χ3v) is 3.19. The van der Waals surface area contributed by atoms with Crippen LogP contribution in [-0.2, 0) is 6.42 Å². The normalized spacial score (nSPS) is 11.9. The van der Waals surface area contributed by atoms with E-state index in [1.165, 1.54) is 16.3 Å². The van der Waals surface area contributed by atoms with Crippen molar-refractivity contribution in [1.82, 2.24) is 0 Å². The third-order valence-electron chi connectivity index (χ3n) is 3.19. The second kappa shape index (κ2) is 5.47. The molecule has 0 saturated carbocycles. The third kappa shape index (κ3) is 3.52. The van der Waals surface area contributed by atoms with Crippen LogP contribution in [0.25, 0.3) is 10.8 Å². The average molecular weight is 248 g/mol. The predicted molar refractivity (Wildman–Crippen MR) is 72.1 cm³/mol. The first-order valence-corrected chi connectivity index (χ1v) is 6.41. The van der Waals surface area contributed by atoms with E-state index in [1.54, 1.807) is 0 Å². The summed E-state index contributed by atoms with van der Waals surface area (Å²) in [4.78, 5) is 0. The molecule has 0 amide bonds. The summed E-state index contributed by atoms with van der Waals surface area (Å²) in [5.41, 5.74) is 1.26. The number of alkyl halides is 2. The van der Waals surface area contributed by atoms with Crippen LogP contribution < -0.4 is 0 Å². The average Bonchev–Trinajstić information content (AvgIpc) is 2.33. The molecule has 0 fully saturated rings. The molecule has 0 spiro atoms. The van der Waals surface area contributed by atoms with Crippen molar-refractivity contribution < 1.29 is 8.78 Å². The minimum absolute atomic E-state index is 0.0161. The highest BCUT2D eigenvalue weighted by molar-refractivity contribution is 5.85. The van der Waals surface area contributed by atoms with Crippen LogP contribution in [0, 0.1) is 0 Å². The molecular formula is C16H18F2. The fourth-order valence-electron chi connectivity index (χ4n) is 2.26. The van der Waals surface area contributed by atoms with Gasteiger partial charge in [-0.15, -0.1) is 0 Å². The van der Waals surface area contributed by atoms with E-state index < -0.39 is 5.92 Å². The largest absolute Gasteiger partial charge is 0.245 e. The molecule has 2 heteroatoms. The molecule has 0 N–H and O–H groups in total. The number of hydrogen-bond acceptors (Lipinski definition) is 0. The maximum Gasteiger partial charge on any atom is 0.245 e. The summed E-state index contributed by atoms with van der Waals surface area (Å²) in [6, 6.07) is 14.4. The summed E-state index contributed by atoms with van der Waals surface area (Å²) >= 11 is 0. The lowest BCUT2D eigenvalue weighted by Crippen LogP contribution is -2.08. The van der Waals surface area contributed by atoms with E-state index >= 15 is 0 Å². The molecule has 0 aliphatic rings. The molecule has 0 bridgehead atoms. The topological polar surface area (TPSA) is 0 Å². The summed E-state index contributed by atoms with van der Waals surface area (Å²) < 4.78 is 25.4. The van der Waals surface area contributed by atoms with E-state index in [9.17, 15) is 8.78 Å². The Morgan fingerprint density at radius 1 is 0.944 bits per heavy atom. The zero-order valence-electron chi connectivity index (χ0n) is 10.6. The summed E-state index contributed by atoms with van der Waals surface area (Å²) in [5, 5.41) is 2.46. The Hall–Kier alpha value is -1.44. The van der Waals surface area contributed by atoms with Gasteiger partial charge < -0.3 is 0 Å². The number of hydrogen-bond donors (Lipinski definition) is 0. The molecule has 2 aromatic carbocycles. The molecule has 2 rings (SSSR count). The molecule has 0 aliphatic carbocycles. The fourth-order valence-corrected chi connectivity index (χ4v) is 2.26. The zero-order chi connectivity index (χ0) is 13.0. The Kier molecular flexibility index (Phi) is 3.95. The van der Waals surface area contributed by atoms with E-state index in [0.717, 1.165) is 19.8 Å². The van der Waals surface area contributed by atoms with Gasteiger partial charge in [-0.05, 0) is 42.5 Å². The molecule has 0 heterocycles. The monoisotopic (exact) mass is 248 g/mol. The van der Waals surface area contributed by atoms with Gasteiger partial charge in [-0.1, -0.05) is 42.5 Å². The van der Waals surface area contributed by atoms with Crippen molar-refractivity contribution in [3.8, 4) is 0 Å². The van der Waals surface area contributed by atoms with Gasteiger partial charge in [0.05, 0.1) is 0 Å². The number of unbranched alkanes of at least 4 members (excludes halogenated alkanes) is 1. The van der Waals surface area contributed by atoms with Crippen LogP contribution in [0.1, 0.15) is 31.7 Å². The maximum absolute atomic E-state index is 12.7. The number of benzene rings is 2. The molecule has 0 unspecified atom stereocenters. The van der Waals surface area contributed by atoms with E-state index in [-0.39, 0.29) is 6.42 Å². The van der Waals surface area contributed by atoms with E-state index in [1.807, 2.05) is 18.2 Å². The highest BCUT2D eigenvalue weighted by Gasteiger charge is 2.19. The van der Waals surface area contributed by atoms with E-state index in [2.05, 4.69) is 24.3 Å². The summed E-state index contributed by atoms with van der Waals surface area (Å²) in [6.45, 7) is 0.991. The summed E-state index contributed by atoms with van der Waals surface area (Å²) in [7, 11) is 0. The van der Waals surface area contributed by atoms with Crippen molar-refractivity contribution >= 4 is 10.8 Å². The van der Waals surface area contributed by atoms with E-state index in [0.29, 0.717) is 6.42 Å². The van der Waals surface area contributed by atoms with Crippen molar-refractivity contribution in [2.75, 3.05) is 0 Å². The standard InChI is InChI=1S/C16H18F2/c1-16(17,18)12-5-4-8-14-10-6-9-13-7-2-3-11-15(13)14/h2-3,6-7,9-11H,4-5,8,12H2,1H3. The number of fused-ring (bicyclic) bond motifs is 1. The van der Waals surface area contributed by atoms with Crippen molar-refractivity contribution in [2.45, 2.75) is 38.5 Å². The quantitative estimate of drug-likeness (QED) is 0.637. The lowest BCUT2D eigenvalue weighted by molar-refractivity contribution is 0.0105. The first-order valence-electron chi connectivity index (χ1n) is 6.41.